The monoisotopic (exact) mass is 337 g/mol. The van der Waals surface area contributed by atoms with Crippen molar-refractivity contribution < 1.29 is 9.47 Å². The number of methoxy groups -OCH3 is 1. The molecule has 2 rings (SSSR count). The van der Waals surface area contributed by atoms with Crippen molar-refractivity contribution in [1.82, 2.24) is 10.3 Å². The molecule has 0 fully saturated rings. The predicted octanol–water partition coefficient (Wildman–Crippen LogP) is 3.38. The van der Waals surface area contributed by atoms with Crippen molar-refractivity contribution in [2.24, 2.45) is 0 Å². The topological polar surface area (TPSA) is 67.2 Å². The van der Waals surface area contributed by atoms with Crippen LogP contribution in [-0.4, -0.2) is 34.6 Å². The normalized spacial score (nSPS) is 12.7. The highest BCUT2D eigenvalue weighted by atomic mass is 32.1. The van der Waals surface area contributed by atoms with Gasteiger partial charge in [-0.1, -0.05) is 12.2 Å². The number of nitrogens with one attached hydrogen (secondary N) is 2. The van der Waals surface area contributed by atoms with Gasteiger partial charge in [0, 0.05) is 0 Å². The van der Waals surface area contributed by atoms with Gasteiger partial charge in [-0.15, -0.1) is 11.3 Å². The maximum atomic E-state index is 7.78. The van der Waals surface area contributed by atoms with Crippen LogP contribution < -0.4 is 10.1 Å². The third-order valence-corrected chi connectivity index (χ3v) is 4.42. The molecule has 0 spiro atoms. The maximum Gasteiger partial charge on any atom is 0.206 e. The molecular weight excluding hydrogens is 318 g/mol. The number of hydrogen-bond acceptors (Lipinski definition) is 6. The highest BCUT2D eigenvalue weighted by Crippen LogP contribution is 2.24. The Kier molecular flexibility index (Phi) is 4.97. The molecule has 0 aliphatic carbocycles. The van der Waals surface area contributed by atoms with Crippen LogP contribution in [0.25, 0.3) is 10.2 Å². The molecule has 5 nitrogen and oxygen atoms in total. The Bertz CT molecular complexity index is 697. The summed E-state index contributed by atoms with van der Waals surface area (Å²) in [5.41, 5.74) is 2.09. The lowest BCUT2D eigenvalue weighted by atomic mass is 10.1. The summed E-state index contributed by atoms with van der Waals surface area (Å²) in [4.78, 5) is 4.76. The fourth-order valence-corrected chi connectivity index (χ4v) is 2.90. The van der Waals surface area contributed by atoms with Gasteiger partial charge < -0.3 is 14.8 Å². The fraction of sp³-hybridized carbons (Fsp3) is 0.400. The number of fused-ring (bicyclic) bond motifs is 1. The molecular formula is C15H19N3O2S2. The Morgan fingerprint density at radius 1 is 1.45 bits per heavy atom. The van der Waals surface area contributed by atoms with Crippen molar-refractivity contribution in [1.29, 1.82) is 5.41 Å². The van der Waals surface area contributed by atoms with Crippen molar-refractivity contribution in [3.63, 3.8) is 0 Å². The number of benzene rings is 1. The zero-order valence-electron chi connectivity index (χ0n) is 13.0. The number of thiazole rings is 1. The largest absolute Gasteiger partial charge is 0.484 e. The van der Waals surface area contributed by atoms with E-state index in [4.69, 9.17) is 27.1 Å². The molecule has 1 aromatic heterocycles. The molecule has 1 unspecified atom stereocenters. The van der Waals surface area contributed by atoms with Gasteiger partial charge in [0.2, 0.25) is 5.90 Å². The maximum absolute atomic E-state index is 7.78. The molecule has 0 amide bonds. The van der Waals surface area contributed by atoms with Crippen LogP contribution in [0.2, 0.25) is 0 Å². The standard InChI is InChI=1S/C15H19N3O2S2/c1-9(13(21)18-15(2,3)14(16)19-4)20-10-5-6-11-12(7-10)22-8-17-11/h5-9,16H,1-4H3,(H,18,21). The van der Waals surface area contributed by atoms with Crippen LogP contribution in [0.4, 0.5) is 0 Å². The van der Waals surface area contributed by atoms with Crippen LogP contribution in [0.15, 0.2) is 23.7 Å². The molecule has 0 aliphatic rings. The molecule has 118 valence electrons. The summed E-state index contributed by atoms with van der Waals surface area (Å²) < 4.78 is 11.9. The van der Waals surface area contributed by atoms with E-state index in [1.165, 1.54) is 7.11 Å². The molecule has 7 heteroatoms. The van der Waals surface area contributed by atoms with Gasteiger partial charge in [-0.25, -0.2) is 4.98 Å². The SMILES string of the molecule is COC(=N)C(C)(C)NC(=S)C(C)Oc1ccc2ncsc2c1. The number of rotatable bonds is 5. The lowest BCUT2D eigenvalue weighted by Crippen LogP contribution is -2.52. The molecule has 0 saturated heterocycles. The fourth-order valence-electron chi connectivity index (χ4n) is 1.89. The van der Waals surface area contributed by atoms with Crippen molar-refractivity contribution in [3.05, 3.63) is 23.7 Å². The number of thiocarbonyl (C=S) groups is 1. The van der Waals surface area contributed by atoms with Crippen LogP contribution >= 0.6 is 23.6 Å². The summed E-state index contributed by atoms with van der Waals surface area (Å²) >= 11 is 6.94. The molecule has 1 heterocycles. The van der Waals surface area contributed by atoms with E-state index in [9.17, 15) is 0 Å². The van der Waals surface area contributed by atoms with Crippen LogP contribution in [0.3, 0.4) is 0 Å². The molecule has 0 saturated carbocycles. The van der Waals surface area contributed by atoms with Gasteiger partial charge in [0.1, 0.15) is 22.4 Å². The lowest BCUT2D eigenvalue weighted by molar-refractivity contribution is 0.280. The average Bonchev–Trinajstić information content (AvgIpc) is 2.93. The molecule has 1 aromatic carbocycles. The van der Waals surface area contributed by atoms with Gasteiger partial charge in [-0.05, 0) is 39.0 Å². The van der Waals surface area contributed by atoms with Gasteiger partial charge in [0.25, 0.3) is 0 Å². The second-order valence-electron chi connectivity index (χ2n) is 5.39. The Balaban J connectivity index is 2.03. The summed E-state index contributed by atoms with van der Waals surface area (Å²) in [7, 11) is 1.47. The van der Waals surface area contributed by atoms with Crippen LogP contribution in [-0.2, 0) is 4.74 Å². The number of ether oxygens (including phenoxy) is 2. The van der Waals surface area contributed by atoms with Crippen LogP contribution in [0.5, 0.6) is 5.75 Å². The quantitative estimate of drug-likeness (QED) is 0.497. The molecule has 2 aromatic rings. The summed E-state index contributed by atoms with van der Waals surface area (Å²) in [5.74, 6) is 0.862. The summed E-state index contributed by atoms with van der Waals surface area (Å²) in [6, 6.07) is 5.76. The first-order chi connectivity index (χ1) is 10.3. The number of nitrogens with zero attached hydrogens (tertiary/aromatic N) is 1. The van der Waals surface area contributed by atoms with Crippen molar-refractivity contribution in [3.8, 4) is 5.75 Å². The molecule has 1 atom stereocenters. The Labute approximate surface area is 139 Å². The minimum absolute atomic E-state index is 0.119. The van der Waals surface area contributed by atoms with E-state index in [0.29, 0.717) is 4.99 Å². The Hall–Kier alpha value is -1.73. The van der Waals surface area contributed by atoms with Gasteiger partial charge in [-0.3, -0.25) is 5.41 Å². The Morgan fingerprint density at radius 2 is 2.18 bits per heavy atom. The van der Waals surface area contributed by atoms with Crippen LogP contribution in [0.1, 0.15) is 20.8 Å². The van der Waals surface area contributed by atoms with Crippen molar-refractivity contribution in [2.75, 3.05) is 7.11 Å². The highest BCUT2D eigenvalue weighted by Gasteiger charge is 2.27. The lowest BCUT2D eigenvalue weighted by Gasteiger charge is -2.29. The average molecular weight is 337 g/mol. The Morgan fingerprint density at radius 3 is 2.86 bits per heavy atom. The van der Waals surface area contributed by atoms with Gasteiger partial charge in [-0.2, -0.15) is 0 Å². The smallest absolute Gasteiger partial charge is 0.206 e. The zero-order chi connectivity index (χ0) is 16.3. The summed E-state index contributed by atoms with van der Waals surface area (Å²) in [5, 5.41) is 10.9. The van der Waals surface area contributed by atoms with Gasteiger partial charge >= 0.3 is 0 Å². The molecule has 2 N–H and O–H groups in total. The van der Waals surface area contributed by atoms with E-state index >= 15 is 0 Å². The molecule has 22 heavy (non-hydrogen) atoms. The summed E-state index contributed by atoms with van der Waals surface area (Å²) in [6.45, 7) is 5.54. The van der Waals surface area contributed by atoms with E-state index in [-0.39, 0.29) is 12.0 Å². The van der Waals surface area contributed by atoms with Gasteiger partial charge in [0.15, 0.2) is 0 Å². The van der Waals surface area contributed by atoms with E-state index in [1.807, 2.05) is 44.5 Å². The first kappa shape index (κ1) is 16.6. The first-order valence-corrected chi connectivity index (χ1v) is 8.07. The molecule has 0 bridgehead atoms. The second-order valence-corrected chi connectivity index (χ2v) is 6.72. The first-order valence-electron chi connectivity index (χ1n) is 6.78. The van der Waals surface area contributed by atoms with E-state index < -0.39 is 5.54 Å². The van der Waals surface area contributed by atoms with E-state index in [1.54, 1.807) is 11.3 Å². The summed E-state index contributed by atoms with van der Waals surface area (Å²) in [6.07, 6.45) is -0.315. The third-order valence-electron chi connectivity index (χ3n) is 3.19. The third kappa shape index (κ3) is 3.72. The van der Waals surface area contributed by atoms with E-state index in [2.05, 4.69) is 10.3 Å². The van der Waals surface area contributed by atoms with E-state index in [0.717, 1.165) is 16.0 Å². The minimum atomic E-state index is -0.676. The minimum Gasteiger partial charge on any atom is -0.484 e. The number of hydrogen-bond donors (Lipinski definition) is 2. The van der Waals surface area contributed by atoms with Crippen molar-refractivity contribution >= 4 is 44.7 Å². The molecule has 0 aliphatic heterocycles. The highest BCUT2D eigenvalue weighted by molar-refractivity contribution is 7.80. The second kappa shape index (κ2) is 6.58. The zero-order valence-corrected chi connectivity index (χ0v) is 14.6. The van der Waals surface area contributed by atoms with Gasteiger partial charge in [0.05, 0.1) is 22.8 Å². The molecule has 0 radical (unpaired) electrons. The van der Waals surface area contributed by atoms with Crippen molar-refractivity contribution in [2.45, 2.75) is 32.4 Å². The number of aromatic nitrogens is 1. The van der Waals surface area contributed by atoms with Crippen LogP contribution in [0, 0.1) is 5.41 Å². The predicted molar refractivity (Wildman–Crippen MR) is 94.3 cm³/mol.